The van der Waals surface area contributed by atoms with Crippen LogP contribution in [0.3, 0.4) is 0 Å². The van der Waals surface area contributed by atoms with Gasteiger partial charge in [0.1, 0.15) is 5.75 Å². The van der Waals surface area contributed by atoms with Gasteiger partial charge in [0.05, 0.1) is 12.5 Å². The summed E-state index contributed by atoms with van der Waals surface area (Å²) in [4.78, 5) is 17.0. The largest absolute Gasteiger partial charge is 0.491 e. The lowest BCUT2D eigenvalue weighted by Gasteiger charge is -2.37. The van der Waals surface area contributed by atoms with Crippen molar-refractivity contribution in [3.63, 3.8) is 0 Å². The van der Waals surface area contributed by atoms with Crippen LogP contribution in [0, 0.1) is 17.5 Å². The molecule has 1 fully saturated rings. The van der Waals surface area contributed by atoms with Crippen molar-refractivity contribution in [2.45, 2.75) is 51.8 Å². The number of hydrogen-bond acceptors (Lipinski definition) is 3. The van der Waals surface area contributed by atoms with E-state index in [0.717, 1.165) is 43.3 Å². The van der Waals surface area contributed by atoms with Gasteiger partial charge in [0.2, 0.25) is 5.91 Å². The fourth-order valence-electron chi connectivity index (χ4n) is 3.83. The molecule has 0 bridgehead atoms. The van der Waals surface area contributed by atoms with Gasteiger partial charge in [0.25, 0.3) is 0 Å². The zero-order valence-corrected chi connectivity index (χ0v) is 18.2. The first-order chi connectivity index (χ1) is 14.7. The monoisotopic (exact) mass is 434 g/mol. The van der Waals surface area contributed by atoms with Crippen LogP contribution in [0.4, 0.5) is 13.2 Å². The molecule has 7 heteroatoms. The molecule has 4 nitrogen and oxygen atoms in total. The molecule has 0 spiro atoms. The van der Waals surface area contributed by atoms with Gasteiger partial charge < -0.3 is 14.5 Å². The molecule has 3 rings (SSSR count). The second-order valence-corrected chi connectivity index (χ2v) is 8.38. The molecule has 0 atom stereocenters. The summed E-state index contributed by atoms with van der Waals surface area (Å²) in [6.45, 7) is 5.42. The third kappa shape index (κ3) is 6.00. The highest BCUT2D eigenvalue weighted by Crippen LogP contribution is 2.23. The van der Waals surface area contributed by atoms with Gasteiger partial charge in [-0.15, -0.1) is 0 Å². The summed E-state index contributed by atoms with van der Waals surface area (Å²) in [5.41, 5.74) is 0.789. The van der Waals surface area contributed by atoms with Gasteiger partial charge in [0.15, 0.2) is 17.5 Å². The molecule has 168 valence electrons. The Morgan fingerprint density at radius 1 is 1.06 bits per heavy atom. The number of benzene rings is 2. The lowest BCUT2D eigenvalue weighted by molar-refractivity contribution is -0.134. The van der Waals surface area contributed by atoms with Crippen LogP contribution in [0.15, 0.2) is 36.4 Å². The van der Waals surface area contributed by atoms with Gasteiger partial charge >= 0.3 is 0 Å². The maximum absolute atomic E-state index is 14.3. The Hall–Kier alpha value is -2.54. The zero-order valence-electron chi connectivity index (χ0n) is 18.2. The van der Waals surface area contributed by atoms with Crippen LogP contribution >= 0.6 is 0 Å². The maximum Gasteiger partial charge on any atom is 0.227 e. The third-order valence-corrected chi connectivity index (χ3v) is 5.56. The van der Waals surface area contributed by atoms with Crippen molar-refractivity contribution in [1.29, 1.82) is 0 Å². The van der Waals surface area contributed by atoms with Gasteiger partial charge in [-0.3, -0.25) is 4.79 Å². The number of halogens is 3. The van der Waals surface area contributed by atoms with Crippen molar-refractivity contribution < 1.29 is 22.7 Å². The first-order valence-electron chi connectivity index (χ1n) is 10.6. The molecule has 0 aromatic heterocycles. The van der Waals surface area contributed by atoms with E-state index in [2.05, 4.69) is 4.90 Å². The van der Waals surface area contributed by atoms with Gasteiger partial charge in [0, 0.05) is 18.2 Å². The minimum absolute atomic E-state index is 0.0214. The molecule has 0 N–H and O–H groups in total. The van der Waals surface area contributed by atoms with Crippen molar-refractivity contribution in [1.82, 2.24) is 9.80 Å². The van der Waals surface area contributed by atoms with E-state index in [-0.39, 0.29) is 36.6 Å². The van der Waals surface area contributed by atoms with Crippen LogP contribution < -0.4 is 4.74 Å². The van der Waals surface area contributed by atoms with Gasteiger partial charge in [-0.25, -0.2) is 13.2 Å². The molecule has 2 aromatic rings. The number of likely N-dealkylation sites (tertiary alicyclic amines) is 1. The standard InChI is InChI=1S/C24H29F3N2O2/c1-16(2)31-20-7-4-17(5-8-20)14-22(30)29(19-10-12-28(3)13-11-19)15-18-6-9-21(25)24(27)23(18)26/h4-9,16,19H,10-15H2,1-3H3. The average molecular weight is 435 g/mol. The van der Waals surface area contributed by atoms with Crippen LogP contribution in [0.1, 0.15) is 37.8 Å². The maximum atomic E-state index is 14.3. The second kappa shape index (κ2) is 10.2. The normalized spacial score (nSPS) is 15.3. The zero-order chi connectivity index (χ0) is 22.5. The van der Waals surface area contributed by atoms with Crippen molar-refractivity contribution >= 4 is 5.91 Å². The molecular weight excluding hydrogens is 405 g/mol. The third-order valence-electron chi connectivity index (χ3n) is 5.56. The number of carbonyl (C=O) groups is 1. The fourth-order valence-corrected chi connectivity index (χ4v) is 3.83. The minimum atomic E-state index is -1.51. The Kier molecular flexibility index (Phi) is 7.59. The molecule has 31 heavy (non-hydrogen) atoms. The van der Waals surface area contributed by atoms with Crippen molar-refractivity contribution in [3.05, 3.63) is 65.0 Å². The van der Waals surface area contributed by atoms with Gasteiger partial charge in [-0.05, 0) is 70.6 Å². The molecule has 0 radical (unpaired) electrons. The summed E-state index contributed by atoms with van der Waals surface area (Å²) >= 11 is 0. The molecule has 0 saturated carbocycles. The van der Waals surface area contributed by atoms with E-state index in [1.54, 1.807) is 4.90 Å². The molecule has 1 aliphatic heterocycles. The molecule has 0 aliphatic carbocycles. The second-order valence-electron chi connectivity index (χ2n) is 8.38. The van der Waals surface area contributed by atoms with Crippen LogP contribution in [-0.2, 0) is 17.8 Å². The number of carbonyl (C=O) groups excluding carboxylic acids is 1. The van der Waals surface area contributed by atoms with Gasteiger partial charge in [-0.1, -0.05) is 18.2 Å². The van der Waals surface area contributed by atoms with Crippen LogP contribution in [0.2, 0.25) is 0 Å². The smallest absolute Gasteiger partial charge is 0.227 e. The van der Waals surface area contributed by atoms with Crippen LogP contribution in [-0.4, -0.2) is 48.0 Å². The number of piperidine rings is 1. The quantitative estimate of drug-likeness (QED) is 0.599. The number of hydrogen-bond donors (Lipinski definition) is 0. The molecule has 1 amide bonds. The Labute approximate surface area is 181 Å². The summed E-state index contributed by atoms with van der Waals surface area (Å²) < 4.78 is 47.0. The first-order valence-corrected chi connectivity index (χ1v) is 10.6. The van der Waals surface area contributed by atoms with Crippen molar-refractivity contribution in [2.75, 3.05) is 20.1 Å². The van der Waals surface area contributed by atoms with E-state index in [1.165, 1.54) is 6.07 Å². The highest BCUT2D eigenvalue weighted by molar-refractivity contribution is 5.79. The lowest BCUT2D eigenvalue weighted by atomic mass is 10.0. The van der Waals surface area contributed by atoms with Gasteiger partial charge in [-0.2, -0.15) is 0 Å². The Morgan fingerprint density at radius 2 is 1.71 bits per heavy atom. The molecule has 1 saturated heterocycles. The summed E-state index contributed by atoms with van der Waals surface area (Å²) in [6.07, 6.45) is 1.68. The van der Waals surface area contributed by atoms with E-state index in [4.69, 9.17) is 4.74 Å². The summed E-state index contributed by atoms with van der Waals surface area (Å²) in [5, 5.41) is 0. The van der Waals surface area contributed by atoms with E-state index < -0.39 is 17.5 Å². The Bertz CT molecular complexity index is 894. The van der Waals surface area contributed by atoms with Crippen LogP contribution in [0.5, 0.6) is 5.75 Å². The van der Waals surface area contributed by atoms with E-state index in [9.17, 15) is 18.0 Å². The average Bonchev–Trinajstić information content (AvgIpc) is 2.73. The number of amides is 1. The van der Waals surface area contributed by atoms with E-state index in [0.29, 0.717) is 0 Å². The first kappa shape index (κ1) is 23.1. The summed E-state index contributed by atoms with van der Waals surface area (Å²) in [7, 11) is 2.01. The molecule has 1 heterocycles. The SMILES string of the molecule is CC(C)Oc1ccc(CC(=O)N(Cc2ccc(F)c(F)c2F)C2CCN(C)CC2)cc1. The molecule has 1 aliphatic rings. The fraction of sp³-hybridized carbons (Fsp3) is 0.458. The lowest BCUT2D eigenvalue weighted by Crippen LogP contribution is -2.46. The predicted molar refractivity (Wildman–Crippen MR) is 113 cm³/mol. The van der Waals surface area contributed by atoms with Crippen molar-refractivity contribution in [2.24, 2.45) is 0 Å². The summed E-state index contributed by atoms with van der Waals surface area (Å²) in [5.74, 6) is -3.42. The molecular formula is C24H29F3N2O2. The molecule has 2 aromatic carbocycles. The highest BCUT2D eigenvalue weighted by Gasteiger charge is 2.28. The van der Waals surface area contributed by atoms with Crippen LogP contribution in [0.25, 0.3) is 0 Å². The number of ether oxygens (including phenoxy) is 1. The Morgan fingerprint density at radius 3 is 2.32 bits per heavy atom. The van der Waals surface area contributed by atoms with Crippen molar-refractivity contribution in [3.8, 4) is 5.75 Å². The summed E-state index contributed by atoms with van der Waals surface area (Å²) in [6, 6.07) is 9.33. The Balaban J connectivity index is 1.79. The highest BCUT2D eigenvalue weighted by atomic mass is 19.2. The predicted octanol–water partition coefficient (Wildman–Crippen LogP) is 4.56. The number of rotatable bonds is 7. The molecule has 0 unspecified atom stereocenters. The van der Waals surface area contributed by atoms with E-state index >= 15 is 0 Å². The topological polar surface area (TPSA) is 32.8 Å². The van der Waals surface area contributed by atoms with E-state index in [1.807, 2.05) is 45.2 Å². The minimum Gasteiger partial charge on any atom is -0.491 e. The number of nitrogens with zero attached hydrogens (tertiary/aromatic N) is 2.